The van der Waals surface area contributed by atoms with Crippen LogP contribution in [0.15, 0.2) is 27.4 Å². The molecule has 0 fully saturated rings. The molecule has 0 spiro atoms. The summed E-state index contributed by atoms with van der Waals surface area (Å²) in [6, 6.07) is 6.27. The lowest BCUT2D eigenvalue weighted by Gasteiger charge is -2.05. The van der Waals surface area contributed by atoms with Crippen molar-refractivity contribution in [2.75, 3.05) is 0 Å². The zero-order valence-electron chi connectivity index (χ0n) is 7.04. The summed E-state index contributed by atoms with van der Waals surface area (Å²) in [4.78, 5) is 1.20. The molecular weight excluding hydrogens is 393 g/mol. The van der Waals surface area contributed by atoms with E-state index < -0.39 is 0 Å². The number of hydrogen-bond donors (Lipinski definition) is 1. The van der Waals surface area contributed by atoms with Gasteiger partial charge in [0.15, 0.2) is 0 Å². The molecule has 0 radical (unpaired) electrons. The van der Waals surface area contributed by atoms with E-state index in [2.05, 4.69) is 56.0 Å². The first-order chi connectivity index (χ1) is 6.66. The second-order valence-electron chi connectivity index (χ2n) is 2.80. The van der Waals surface area contributed by atoms with E-state index >= 15 is 0 Å². The average Bonchev–Trinajstić information content (AvgIpc) is 2.73. The minimum Gasteiger partial charge on any atom is -0.320 e. The topological polar surface area (TPSA) is 26.0 Å². The van der Waals surface area contributed by atoms with Crippen LogP contribution in [0.3, 0.4) is 0 Å². The summed E-state index contributed by atoms with van der Waals surface area (Å²) >= 11 is 9.19. The van der Waals surface area contributed by atoms with E-state index in [9.17, 15) is 0 Å². The molecule has 1 atom stereocenters. The standard InChI is InChI=1S/C9H7BrINS2/c10-7-2-1-6(14-7)9(12)5-3-8(11)13-4-5/h1-4,9H,12H2. The van der Waals surface area contributed by atoms with Crippen LogP contribution in [0.1, 0.15) is 16.5 Å². The molecule has 1 nitrogen and oxygen atoms in total. The van der Waals surface area contributed by atoms with Crippen LogP contribution < -0.4 is 5.73 Å². The highest BCUT2D eigenvalue weighted by atomic mass is 127. The Morgan fingerprint density at radius 3 is 2.71 bits per heavy atom. The number of hydrogen-bond acceptors (Lipinski definition) is 3. The molecule has 2 N–H and O–H groups in total. The highest BCUT2D eigenvalue weighted by Gasteiger charge is 2.12. The number of thiophene rings is 2. The minimum absolute atomic E-state index is 0.0195. The molecule has 2 aromatic rings. The van der Waals surface area contributed by atoms with Gasteiger partial charge in [-0.2, -0.15) is 0 Å². The van der Waals surface area contributed by atoms with Gasteiger partial charge in [0.05, 0.1) is 12.7 Å². The average molecular weight is 400 g/mol. The van der Waals surface area contributed by atoms with Gasteiger partial charge in [-0.25, -0.2) is 0 Å². The van der Waals surface area contributed by atoms with Crippen LogP contribution in [0.5, 0.6) is 0 Å². The summed E-state index contributed by atoms with van der Waals surface area (Å²) in [5.41, 5.74) is 7.34. The van der Waals surface area contributed by atoms with Crippen LogP contribution in [0.25, 0.3) is 0 Å². The first-order valence-corrected chi connectivity index (χ1v) is 7.48. The van der Waals surface area contributed by atoms with Gasteiger partial charge in [0.2, 0.25) is 0 Å². The SMILES string of the molecule is NC(c1csc(I)c1)c1ccc(Br)s1. The molecule has 0 aromatic carbocycles. The van der Waals surface area contributed by atoms with Gasteiger partial charge in [0, 0.05) is 4.88 Å². The third-order valence-electron chi connectivity index (χ3n) is 1.85. The van der Waals surface area contributed by atoms with Crippen molar-refractivity contribution < 1.29 is 0 Å². The van der Waals surface area contributed by atoms with Gasteiger partial charge < -0.3 is 5.73 Å². The zero-order chi connectivity index (χ0) is 10.1. The summed E-state index contributed by atoms with van der Waals surface area (Å²) in [5, 5.41) is 2.13. The second-order valence-corrected chi connectivity index (χ2v) is 8.10. The zero-order valence-corrected chi connectivity index (χ0v) is 12.4. The Bertz CT molecular complexity index is 397. The second kappa shape index (κ2) is 4.61. The van der Waals surface area contributed by atoms with Crippen molar-refractivity contribution in [2.45, 2.75) is 6.04 Å². The Morgan fingerprint density at radius 1 is 1.43 bits per heavy atom. The Morgan fingerprint density at radius 2 is 2.21 bits per heavy atom. The highest BCUT2D eigenvalue weighted by Crippen LogP contribution is 2.31. The van der Waals surface area contributed by atoms with Gasteiger partial charge in [-0.3, -0.25) is 0 Å². The Hall–Kier alpha value is 0.570. The van der Waals surface area contributed by atoms with Crippen LogP contribution in [-0.4, -0.2) is 0 Å². The van der Waals surface area contributed by atoms with Gasteiger partial charge in [-0.1, -0.05) is 0 Å². The summed E-state index contributed by atoms with van der Waals surface area (Å²) in [6.45, 7) is 0. The lowest BCUT2D eigenvalue weighted by atomic mass is 10.1. The molecule has 0 aliphatic heterocycles. The smallest absolute Gasteiger partial charge is 0.0702 e. The van der Waals surface area contributed by atoms with Crippen LogP contribution in [-0.2, 0) is 0 Å². The predicted octanol–water partition coefficient (Wildman–Crippen LogP) is 4.22. The molecule has 14 heavy (non-hydrogen) atoms. The van der Waals surface area contributed by atoms with E-state index in [1.165, 1.54) is 13.3 Å². The predicted molar refractivity (Wildman–Crippen MR) is 75.1 cm³/mol. The summed E-state index contributed by atoms with van der Waals surface area (Å²) in [6.07, 6.45) is 0. The van der Waals surface area contributed by atoms with Crippen LogP contribution in [0.2, 0.25) is 0 Å². The van der Waals surface area contributed by atoms with Gasteiger partial charge in [0.1, 0.15) is 0 Å². The lowest BCUT2D eigenvalue weighted by molar-refractivity contribution is 0.899. The molecule has 74 valence electrons. The van der Waals surface area contributed by atoms with Crippen molar-refractivity contribution in [3.05, 3.63) is 40.7 Å². The Balaban J connectivity index is 2.28. The van der Waals surface area contributed by atoms with E-state index in [0.717, 1.165) is 3.79 Å². The van der Waals surface area contributed by atoms with Gasteiger partial charge in [-0.05, 0) is 67.7 Å². The molecule has 0 aliphatic rings. The third-order valence-corrected chi connectivity index (χ3v) is 5.36. The Kier molecular flexibility index (Phi) is 3.64. The molecule has 0 aliphatic carbocycles. The maximum atomic E-state index is 6.14. The van der Waals surface area contributed by atoms with Crippen molar-refractivity contribution in [3.8, 4) is 0 Å². The fraction of sp³-hybridized carbons (Fsp3) is 0.111. The van der Waals surface area contributed by atoms with E-state index in [-0.39, 0.29) is 6.04 Å². The van der Waals surface area contributed by atoms with E-state index in [1.807, 2.05) is 6.07 Å². The molecule has 0 saturated heterocycles. The van der Waals surface area contributed by atoms with Gasteiger partial charge in [0.25, 0.3) is 0 Å². The molecule has 2 rings (SSSR count). The maximum Gasteiger partial charge on any atom is 0.0702 e. The largest absolute Gasteiger partial charge is 0.320 e. The summed E-state index contributed by atoms with van der Waals surface area (Å²) in [5.74, 6) is 0. The fourth-order valence-electron chi connectivity index (χ4n) is 1.15. The molecule has 0 bridgehead atoms. The molecule has 1 unspecified atom stereocenters. The molecule has 0 saturated carbocycles. The van der Waals surface area contributed by atoms with Gasteiger partial charge in [-0.15, -0.1) is 22.7 Å². The lowest BCUT2D eigenvalue weighted by Crippen LogP contribution is -2.08. The fourth-order valence-corrected chi connectivity index (χ4v) is 4.01. The molecule has 0 amide bonds. The molecule has 2 aromatic heterocycles. The van der Waals surface area contributed by atoms with Crippen molar-refractivity contribution in [3.63, 3.8) is 0 Å². The third kappa shape index (κ3) is 2.38. The van der Waals surface area contributed by atoms with Crippen molar-refractivity contribution >= 4 is 61.2 Å². The first-order valence-electron chi connectivity index (χ1n) is 3.91. The minimum atomic E-state index is 0.0195. The number of nitrogens with two attached hydrogens (primary N) is 1. The molecule has 5 heteroatoms. The quantitative estimate of drug-likeness (QED) is 0.751. The Labute approximate surface area is 113 Å². The van der Waals surface area contributed by atoms with Crippen LogP contribution in [0.4, 0.5) is 0 Å². The van der Waals surface area contributed by atoms with E-state index in [1.54, 1.807) is 22.7 Å². The maximum absolute atomic E-state index is 6.14. The van der Waals surface area contributed by atoms with Crippen LogP contribution >= 0.6 is 61.2 Å². The van der Waals surface area contributed by atoms with Crippen molar-refractivity contribution in [1.82, 2.24) is 0 Å². The summed E-state index contributed by atoms with van der Waals surface area (Å²) in [7, 11) is 0. The summed E-state index contributed by atoms with van der Waals surface area (Å²) < 4.78 is 2.41. The monoisotopic (exact) mass is 399 g/mol. The van der Waals surface area contributed by atoms with E-state index in [4.69, 9.17) is 5.73 Å². The number of halogens is 2. The van der Waals surface area contributed by atoms with Crippen LogP contribution in [0, 0.1) is 2.88 Å². The number of rotatable bonds is 2. The van der Waals surface area contributed by atoms with E-state index in [0.29, 0.717) is 0 Å². The molecule has 2 heterocycles. The van der Waals surface area contributed by atoms with Crippen molar-refractivity contribution in [1.29, 1.82) is 0 Å². The van der Waals surface area contributed by atoms with Gasteiger partial charge >= 0.3 is 0 Å². The normalized spacial score (nSPS) is 13.1. The molecular formula is C9H7BrINS2. The highest BCUT2D eigenvalue weighted by molar-refractivity contribution is 14.1. The first kappa shape index (κ1) is 11.1. The van der Waals surface area contributed by atoms with Crippen molar-refractivity contribution in [2.24, 2.45) is 5.73 Å².